The molecular formula is C24H27ClFN3O3. The molecule has 2 aromatic rings. The monoisotopic (exact) mass is 459 g/mol. The van der Waals surface area contributed by atoms with Crippen molar-refractivity contribution in [1.82, 2.24) is 10.2 Å². The highest BCUT2D eigenvalue weighted by Crippen LogP contribution is 2.37. The minimum atomic E-state index is -0.631. The van der Waals surface area contributed by atoms with E-state index in [0.717, 1.165) is 5.56 Å². The lowest BCUT2D eigenvalue weighted by Gasteiger charge is -2.38. The number of hydrogen-bond acceptors (Lipinski definition) is 4. The van der Waals surface area contributed by atoms with Crippen LogP contribution in [0.2, 0.25) is 5.02 Å². The second kappa shape index (κ2) is 9.20. The number of phenols is 1. The first-order valence-electron chi connectivity index (χ1n) is 10.3. The first-order chi connectivity index (χ1) is 15.0. The maximum absolute atomic E-state index is 14.3. The number of aromatic hydroxyl groups is 1. The van der Waals surface area contributed by atoms with Gasteiger partial charge in [0.1, 0.15) is 11.6 Å². The summed E-state index contributed by atoms with van der Waals surface area (Å²) in [5, 5.41) is 16.6. The third-order valence-corrected chi connectivity index (χ3v) is 5.67. The molecule has 1 aliphatic heterocycles. The highest BCUT2D eigenvalue weighted by atomic mass is 35.5. The van der Waals surface area contributed by atoms with Crippen molar-refractivity contribution in [2.45, 2.75) is 38.8 Å². The molecule has 6 nitrogen and oxygen atoms in total. The molecule has 2 aromatic carbocycles. The second-order valence-corrected chi connectivity index (χ2v) is 9.29. The normalized spacial score (nSPS) is 14.0. The SMILES string of the molecule is C=CC(=O)N1CC(NC(=O)c2cc(CNc3cc(C(C)(C)C)c(Cl)cc3O)ccc2F)C1. The van der Waals surface area contributed by atoms with Crippen molar-refractivity contribution < 1.29 is 19.1 Å². The standard InChI is InChI=1S/C24H27ClFN3O3/c1-5-22(31)29-12-15(13-29)28-23(32)16-8-14(6-7-19(16)26)11-27-20-9-17(24(2,3)4)18(25)10-21(20)30/h5-10,15,27,30H,1,11-13H2,2-4H3,(H,28,32). The van der Waals surface area contributed by atoms with E-state index in [0.29, 0.717) is 29.4 Å². The van der Waals surface area contributed by atoms with Crippen molar-refractivity contribution in [1.29, 1.82) is 0 Å². The molecule has 1 heterocycles. The van der Waals surface area contributed by atoms with Crippen LogP contribution in [0.15, 0.2) is 43.0 Å². The molecule has 8 heteroatoms. The van der Waals surface area contributed by atoms with Gasteiger partial charge in [-0.05, 0) is 40.8 Å². The summed E-state index contributed by atoms with van der Waals surface area (Å²) in [6.07, 6.45) is 1.22. The Morgan fingerprint density at radius 2 is 1.97 bits per heavy atom. The fourth-order valence-electron chi connectivity index (χ4n) is 3.47. The second-order valence-electron chi connectivity index (χ2n) is 8.88. The van der Waals surface area contributed by atoms with E-state index in [9.17, 15) is 19.1 Å². The van der Waals surface area contributed by atoms with Gasteiger partial charge in [0.2, 0.25) is 5.91 Å². The number of halogens is 2. The van der Waals surface area contributed by atoms with Crippen LogP contribution in [-0.2, 0) is 16.8 Å². The molecule has 32 heavy (non-hydrogen) atoms. The molecule has 0 saturated carbocycles. The molecule has 2 amide bonds. The third kappa shape index (κ3) is 5.22. The Bertz CT molecular complexity index is 1060. The Morgan fingerprint density at radius 3 is 2.59 bits per heavy atom. The van der Waals surface area contributed by atoms with E-state index in [1.165, 1.54) is 24.3 Å². The first-order valence-corrected chi connectivity index (χ1v) is 10.6. The lowest BCUT2D eigenvalue weighted by molar-refractivity contribution is -0.130. The van der Waals surface area contributed by atoms with Crippen LogP contribution in [0.4, 0.5) is 10.1 Å². The largest absolute Gasteiger partial charge is 0.506 e. The molecular weight excluding hydrogens is 433 g/mol. The van der Waals surface area contributed by atoms with Gasteiger partial charge < -0.3 is 20.6 Å². The Labute approximate surface area is 192 Å². The maximum Gasteiger partial charge on any atom is 0.254 e. The van der Waals surface area contributed by atoms with Crippen molar-refractivity contribution in [3.8, 4) is 5.75 Å². The van der Waals surface area contributed by atoms with Gasteiger partial charge in [0, 0.05) is 30.7 Å². The first kappa shape index (κ1) is 23.6. The molecule has 1 aliphatic rings. The van der Waals surface area contributed by atoms with E-state index in [1.54, 1.807) is 17.0 Å². The van der Waals surface area contributed by atoms with Crippen LogP contribution in [0.3, 0.4) is 0 Å². The van der Waals surface area contributed by atoms with E-state index in [-0.39, 0.29) is 35.2 Å². The van der Waals surface area contributed by atoms with E-state index in [2.05, 4.69) is 17.2 Å². The van der Waals surface area contributed by atoms with Crippen LogP contribution in [0.25, 0.3) is 0 Å². The molecule has 0 radical (unpaired) electrons. The van der Waals surface area contributed by atoms with Crippen LogP contribution in [-0.4, -0.2) is 41.0 Å². The minimum Gasteiger partial charge on any atom is -0.506 e. The highest BCUT2D eigenvalue weighted by molar-refractivity contribution is 6.31. The van der Waals surface area contributed by atoms with Gasteiger partial charge in [-0.1, -0.05) is 45.0 Å². The van der Waals surface area contributed by atoms with Crippen LogP contribution < -0.4 is 10.6 Å². The molecule has 1 saturated heterocycles. The topological polar surface area (TPSA) is 81.7 Å². The number of hydrogen-bond donors (Lipinski definition) is 3. The number of nitrogens with zero attached hydrogens (tertiary/aromatic N) is 1. The van der Waals surface area contributed by atoms with Crippen molar-refractivity contribution in [2.24, 2.45) is 0 Å². The summed E-state index contributed by atoms with van der Waals surface area (Å²) in [7, 11) is 0. The fraction of sp³-hybridized carbons (Fsp3) is 0.333. The van der Waals surface area contributed by atoms with Gasteiger partial charge in [0.15, 0.2) is 0 Å². The highest BCUT2D eigenvalue weighted by Gasteiger charge is 2.31. The summed E-state index contributed by atoms with van der Waals surface area (Å²) in [6, 6.07) is 7.34. The average Bonchev–Trinajstić information content (AvgIpc) is 2.69. The van der Waals surface area contributed by atoms with E-state index >= 15 is 0 Å². The van der Waals surface area contributed by atoms with Gasteiger partial charge in [-0.2, -0.15) is 0 Å². The Morgan fingerprint density at radius 1 is 1.28 bits per heavy atom. The Kier molecular flexibility index (Phi) is 6.79. The van der Waals surface area contributed by atoms with Gasteiger partial charge in [-0.3, -0.25) is 9.59 Å². The Balaban J connectivity index is 1.68. The molecule has 0 aromatic heterocycles. The molecule has 0 spiro atoms. The predicted molar refractivity (Wildman–Crippen MR) is 124 cm³/mol. The number of phenolic OH excluding ortho intramolecular Hbond substituents is 1. The van der Waals surface area contributed by atoms with Gasteiger partial charge in [0.05, 0.1) is 17.3 Å². The summed E-state index contributed by atoms with van der Waals surface area (Å²) in [4.78, 5) is 25.6. The number of carbonyl (C=O) groups is 2. The van der Waals surface area contributed by atoms with Gasteiger partial charge in [0.25, 0.3) is 5.91 Å². The summed E-state index contributed by atoms with van der Waals surface area (Å²) in [5.41, 5.74) is 1.75. The number of benzene rings is 2. The summed E-state index contributed by atoms with van der Waals surface area (Å²) < 4.78 is 14.3. The summed E-state index contributed by atoms with van der Waals surface area (Å²) >= 11 is 6.27. The number of nitrogens with one attached hydrogen (secondary N) is 2. The van der Waals surface area contributed by atoms with Crippen molar-refractivity contribution in [2.75, 3.05) is 18.4 Å². The number of carbonyl (C=O) groups excluding carboxylic acids is 2. The van der Waals surface area contributed by atoms with Crippen LogP contribution >= 0.6 is 11.6 Å². The molecule has 0 atom stereocenters. The predicted octanol–water partition coefficient (Wildman–Crippen LogP) is 4.22. The van der Waals surface area contributed by atoms with Crippen LogP contribution in [0, 0.1) is 5.82 Å². The van der Waals surface area contributed by atoms with Crippen LogP contribution in [0.1, 0.15) is 42.3 Å². The zero-order valence-electron chi connectivity index (χ0n) is 18.3. The number of anilines is 1. The lowest BCUT2D eigenvalue weighted by Crippen LogP contribution is -2.60. The molecule has 0 bridgehead atoms. The number of likely N-dealkylation sites (tertiary alicyclic amines) is 1. The smallest absolute Gasteiger partial charge is 0.254 e. The third-order valence-electron chi connectivity index (χ3n) is 5.35. The zero-order valence-corrected chi connectivity index (χ0v) is 19.1. The molecule has 0 unspecified atom stereocenters. The molecule has 0 aliphatic carbocycles. The van der Waals surface area contributed by atoms with E-state index in [1.807, 2.05) is 20.8 Å². The van der Waals surface area contributed by atoms with E-state index < -0.39 is 11.7 Å². The lowest BCUT2D eigenvalue weighted by atomic mass is 9.86. The molecule has 3 rings (SSSR count). The molecule has 3 N–H and O–H groups in total. The Hall–Kier alpha value is -3.06. The van der Waals surface area contributed by atoms with Gasteiger partial charge in [-0.25, -0.2) is 4.39 Å². The minimum absolute atomic E-state index is 0.00619. The van der Waals surface area contributed by atoms with Gasteiger partial charge in [-0.15, -0.1) is 0 Å². The summed E-state index contributed by atoms with van der Waals surface area (Å²) in [5.74, 6) is -1.36. The average molecular weight is 460 g/mol. The molecule has 170 valence electrons. The van der Waals surface area contributed by atoms with E-state index in [4.69, 9.17) is 11.6 Å². The van der Waals surface area contributed by atoms with Crippen molar-refractivity contribution in [3.05, 3.63) is 70.5 Å². The quantitative estimate of drug-likeness (QED) is 0.446. The molecule has 1 fully saturated rings. The van der Waals surface area contributed by atoms with Crippen molar-refractivity contribution in [3.63, 3.8) is 0 Å². The van der Waals surface area contributed by atoms with Crippen molar-refractivity contribution >= 4 is 29.1 Å². The summed E-state index contributed by atoms with van der Waals surface area (Å²) in [6.45, 7) is 10.5. The fourth-order valence-corrected chi connectivity index (χ4v) is 3.92. The maximum atomic E-state index is 14.3. The number of amides is 2. The zero-order chi connectivity index (χ0) is 23.6. The number of rotatable bonds is 6. The van der Waals surface area contributed by atoms with Crippen LogP contribution in [0.5, 0.6) is 5.75 Å². The van der Waals surface area contributed by atoms with Gasteiger partial charge >= 0.3 is 0 Å².